The molecule has 0 unspecified atom stereocenters. The summed E-state index contributed by atoms with van der Waals surface area (Å²) < 4.78 is 0.998. The monoisotopic (exact) mass is 504 g/mol. The number of halogens is 1. The molecule has 0 bridgehead atoms. The zero-order chi connectivity index (χ0) is 21.9. The largest absolute Gasteiger partial charge is 0.348 e. The molecule has 3 aromatic rings. The van der Waals surface area contributed by atoms with Crippen LogP contribution in [0.2, 0.25) is 0 Å². The lowest BCUT2D eigenvalue weighted by molar-refractivity contribution is 0.0951. The van der Waals surface area contributed by atoms with Crippen LogP contribution in [-0.4, -0.2) is 11.6 Å². The summed E-state index contributed by atoms with van der Waals surface area (Å²) in [5.41, 5.74) is 5.05. The topological polar surface area (TPSA) is 41.5 Å². The Kier molecular flexibility index (Phi) is 6.47. The SMILES string of the molecule is O=C(NCc1ccccc1Br)c1ccc2c(c1)N=C(C1CCCCC1)c1ccccc1S2. The van der Waals surface area contributed by atoms with Gasteiger partial charge >= 0.3 is 0 Å². The number of nitrogens with one attached hydrogen (secondary N) is 1. The number of rotatable bonds is 4. The van der Waals surface area contributed by atoms with Gasteiger partial charge in [-0.3, -0.25) is 9.79 Å². The summed E-state index contributed by atoms with van der Waals surface area (Å²) in [6.45, 7) is 0.480. The maximum absolute atomic E-state index is 12.9. The average Bonchev–Trinajstić information content (AvgIpc) is 3.00. The molecule has 0 spiro atoms. The molecule has 0 aromatic heterocycles. The molecule has 5 rings (SSSR count). The molecule has 5 heteroatoms. The van der Waals surface area contributed by atoms with Gasteiger partial charge in [0.2, 0.25) is 0 Å². The third-order valence-corrected chi connectivity index (χ3v) is 8.15. The molecule has 0 atom stereocenters. The smallest absolute Gasteiger partial charge is 0.251 e. The fourth-order valence-electron chi connectivity index (χ4n) is 4.51. The van der Waals surface area contributed by atoms with Crippen molar-refractivity contribution in [3.8, 4) is 0 Å². The second-order valence-corrected chi connectivity index (χ2v) is 10.3. The van der Waals surface area contributed by atoms with E-state index in [0.717, 1.165) is 20.6 Å². The predicted molar refractivity (Wildman–Crippen MR) is 135 cm³/mol. The Balaban J connectivity index is 1.45. The molecule has 1 aliphatic heterocycles. The molecule has 1 heterocycles. The lowest BCUT2D eigenvalue weighted by Crippen LogP contribution is -2.23. The van der Waals surface area contributed by atoms with Crippen molar-refractivity contribution in [2.45, 2.75) is 48.4 Å². The van der Waals surface area contributed by atoms with Crippen LogP contribution < -0.4 is 5.32 Å². The summed E-state index contributed by atoms with van der Waals surface area (Å²) in [6.07, 6.45) is 6.24. The molecular formula is C27H25BrN2OS. The van der Waals surface area contributed by atoms with Gasteiger partial charge in [-0.25, -0.2) is 0 Å². The second-order valence-electron chi connectivity index (χ2n) is 8.39. The summed E-state index contributed by atoms with van der Waals surface area (Å²) >= 11 is 5.30. The van der Waals surface area contributed by atoms with Crippen molar-refractivity contribution in [3.63, 3.8) is 0 Å². The van der Waals surface area contributed by atoms with E-state index in [-0.39, 0.29) is 5.91 Å². The van der Waals surface area contributed by atoms with Gasteiger partial charge in [-0.15, -0.1) is 0 Å². The molecule has 1 fully saturated rings. The molecular weight excluding hydrogens is 480 g/mol. The van der Waals surface area contributed by atoms with Crippen molar-refractivity contribution >= 4 is 45.0 Å². The fraction of sp³-hybridized carbons (Fsp3) is 0.259. The number of fused-ring (bicyclic) bond motifs is 2. The lowest BCUT2D eigenvalue weighted by Gasteiger charge is -2.24. The molecule has 2 aliphatic rings. The maximum atomic E-state index is 12.9. The molecule has 1 N–H and O–H groups in total. The summed E-state index contributed by atoms with van der Waals surface area (Å²) in [5.74, 6) is 0.411. The van der Waals surface area contributed by atoms with Crippen molar-refractivity contribution in [2.75, 3.05) is 0 Å². The average molecular weight is 505 g/mol. The first kappa shape index (κ1) is 21.5. The van der Waals surface area contributed by atoms with Gasteiger partial charge in [0.15, 0.2) is 0 Å². The van der Waals surface area contributed by atoms with E-state index in [0.29, 0.717) is 18.0 Å². The van der Waals surface area contributed by atoms with Gasteiger partial charge in [-0.1, -0.05) is 83.4 Å². The molecule has 3 nitrogen and oxygen atoms in total. The van der Waals surface area contributed by atoms with E-state index in [4.69, 9.17) is 4.99 Å². The number of carbonyl (C=O) groups excluding carboxylic acids is 1. The Morgan fingerprint density at radius 3 is 2.59 bits per heavy atom. The molecule has 0 radical (unpaired) electrons. The van der Waals surface area contributed by atoms with Crippen LogP contribution in [0.5, 0.6) is 0 Å². The van der Waals surface area contributed by atoms with Gasteiger partial charge in [-0.05, 0) is 48.7 Å². The number of hydrogen-bond acceptors (Lipinski definition) is 3. The predicted octanol–water partition coefficient (Wildman–Crippen LogP) is 7.54. The first-order valence-electron chi connectivity index (χ1n) is 11.2. The summed E-state index contributed by atoms with van der Waals surface area (Å²) in [5, 5.41) is 3.05. The number of hydrogen-bond donors (Lipinski definition) is 1. The van der Waals surface area contributed by atoms with E-state index in [1.165, 1.54) is 48.3 Å². The fourth-order valence-corrected chi connectivity index (χ4v) is 5.95. The molecule has 3 aromatic carbocycles. The third kappa shape index (κ3) is 4.55. The zero-order valence-electron chi connectivity index (χ0n) is 17.8. The Morgan fingerprint density at radius 2 is 1.75 bits per heavy atom. The Labute approximate surface area is 201 Å². The summed E-state index contributed by atoms with van der Waals surface area (Å²) in [4.78, 5) is 20.5. The molecule has 162 valence electrons. The van der Waals surface area contributed by atoms with Crippen LogP contribution in [0.4, 0.5) is 5.69 Å². The van der Waals surface area contributed by atoms with Crippen LogP contribution in [0.3, 0.4) is 0 Å². The minimum absolute atomic E-state index is 0.0790. The highest BCUT2D eigenvalue weighted by molar-refractivity contribution is 9.10. The van der Waals surface area contributed by atoms with Gasteiger partial charge in [-0.2, -0.15) is 0 Å². The number of amides is 1. The number of carbonyl (C=O) groups is 1. The van der Waals surface area contributed by atoms with Crippen LogP contribution in [0.25, 0.3) is 0 Å². The highest BCUT2D eigenvalue weighted by atomic mass is 79.9. The van der Waals surface area contributed by atoms with Gasteiger partial charge in [0.05, 0.1) is 11.4 Å². The number of aliphatic imine (C=N–C) groups is 1. The quantitative estimate of drug-likeness (QED) is 0.398. The number of nitrogens with zero attached hydrogens (tertiary/aromatic N) is 1. The minimum atomic E-state index is -0.0790. The third-order valence-electron chi connectivity index (χ3n) is 6.23. The van der Waals surface area contributed by atoms with E-state index in [1.807, 2.05) is 42.5 Å². The van der Waals surface area contributed by atoms with Crippen LogP contribution >= 0.6 is 27.7 Å². The first-order chi connectivity index (χ1) is 15.7. The van der Waals surface area contributed by atoms with Gasteiger partial charge in [0, 0.05) is 37.9 Å². The van der Waals surface area contributed by atoms with Crippen LogP contribution in [0.1, 0.15) is 53.6 Å². The van der Waals surface area contributed by atoms with Crippen molar-refractivity contribution in [1.29, 1.82) is 0 Å². The highest BCUT2D eigenvalue weighted by Gasteiger charge is 2.26. The molecule has 0 saturated heterocycles. The van der Waals surface area contributed by atoms with Gasteiger partial charge < -0.3 is 5.32 Å². The second kappa shape index (κ2) is 9.63. The summed E-state index contributed by atoms with van der Waals surface area (Å²) in [6, 6.07) is 22.4. The highest BCUT2D eigenvalue weighted by Crippen LogP contribution is 2.43. The van der Waals surface area contributed by atoms with E-state index in [9.17, 15) is 4.79 Å². The van der Waals surface area contributed by atoms with E-state index >= 15 is 0 Å². The van der Waals surface area contributed by atoms with Crippen molar-refractivity contribution in [2.24, 2.45) is 10.9 Å². The minimum Gasteiger partial charge on any atom is -0.348 e. The molecule has 1 amide bonds. The van der Waals surface area contributed by atoms with Gasteiger partial charge in [0.1, 0.15) is 0 Å². The van der Waals surface area contributed by atoms with Crippen molar-refractivity contribution in [3.05, 3.63) is 87.9 Å². The number of benzene rings is 3. The Morgan fingerprint density at radius 1 is 0.969 bits per heavy atom. The van der Waals surface area contributed by atoms with Crippen molar-refractivity contribution < 1.29 is 4.79 Å². The first-order valence-corrected chi connectivity index (χ1v) is 12.8. The molecule has 1 aliphatic carbocycles. The standard InChI is InChI=1S/C27H25BrN2OS/c28-22-12-6-4-10-20(22)17-29-27(31)19-14-15-25-23(16-19)30-26(18-8-2-1-3-9-18)21-11-5-7-13-24(21)32-25/h4-7,10-16,18H,1-3,8-9,17H2,(H,29,31). The molecule has 32 heavy (non-hydrogen) atoms. The molecule has 1 saturated carbocycles. The van der Waals surface area contributed by atoms with Crippen LogP contribution in [0.15, 0.2) is 86.0 Å². The van der Waals surface area contributed by atoms with E-state index < -0.39 is 0 Å². The van der Waals surface area contributed by atoms with Crippen molar-refractivity contribution in [1.82, 2.24) is 5.32 Å². The zero-order valence-corrected chi connectivity index (χ0v) is 20.2. The van der Waals surface area contributed by atoms with Crippen LogP contribution in [0, 0.1) is 5.92 Å². The Hall–Kier alpha value is -2.37. The van der Waals surface area contributed by atoms with E-state index in [1.54, 1.807) is 11.8 Å². The lowest BCUT2D eigenvalue weighted by atomic mass is 9.83. The normalized spacial score (nSPS) is 15.8. The van der Waals surface area contributed by atoms with Crippen LogP contribution in [-0.2, 0) is 6.54 Å². The Bertz CT molecular complexity index is 1180. The maximum Gasteiger partial charge on any atom is 0.251 e. The van der Waals surface area contributed by atoms with Gasteiger partial charge in [0.25, 0.3) is 5.91 Å². The summed E-state index contributed by atoms with van der Waals surface area (Å²) in [7, 11) is 0. The van der Waals surface area contributed by atoms with E-state index in [2.05, 4.69) is 45.5 Å².